The number of rotatable bonds is 10. The molecule has 0 fully saturated rings. The topological polar surface area (TPSA) is 202 Å². The molecule has 6 amide bonds. The van der Waals surface area contributed by atoms with E-state index in [0.29, 0.717) is 112 Å². The fraction of sp³-hybridized carbons (Fsp3) is 0.141. The minimum absolute atomic E-state index is 0.0911. The molecule has 10 aromatic carbocycles. The lowest BCUT2D eigenvalue weighted by atomic mass is 9.99. The number of nitrogens with zero attached hydrogens (tertiary/aromatic N) is 5. The summed E-state index contributed by atoms with van der Waals surface area (Å²) in [6, 6.07) is 70.8. The van der Waals surface area contributed by atoms with E-state index in [-0.39, 0.29) is 40.1 Å². The summed E-state index contributed by atoms with van der Waals surface area (Å²) >= 11 is 12.6. The summed E-state index contributed by atoms with van der Waals surface area (Å²) in [7, 11) is 0. The third-order valence-corrected chi connectivity index (χ3v) is 19.2. The van der Waals surface area contributed by atoms with Crippen LogP contribution in [-0.2, 0) is 19.5 Å². The zero-order valence-electron chi connectivity index (χ0n) is 57.4. The van der Waals surface area contributed by atoms with E-state index in [9.17, 15) is 38.3 Å². The largest absolute Gasteiger partial charge is 0.388 e. The predicted molar refractivity (Wildman–Crippen MR) is 409 cm³/mol. The second kappa shape index (κ2) is 31.1. The van der Waals surface area contributed by atoms with Gasteiger partial charge >= 0.3 is 0 Å². The molecule has 0 saturated carbocycles. The van der Waals surface area contributed by atoms with Gasteiger partial charge in [-0.25, -0.2) is 9.37 Å². The van der Waals surface area contributed by atoms with E-state index in [1.807, 2.05) is 165 Å². The zero-order valence-corrected chi connectivity index (χ0v) is 58.9. The summed E-state index contributed by atoms with van der Waals surface area (Å²) in [6.07, 6.45) is 3.29. The number of aromatic amines is 1. The maximum atomic E-state index is 13.6. The Hall–Kier alpha value is -12.0. The molecule has 1 atom stereocenters. The van der Waals surface area contributed by atoms with Crippen LogP contribution < -0.4 is 30.7 Å². The molecule has 104 heavy (non-hydrogen) atoms. The van der Waals surface area contributed by atoms with Crippen molar-refractivity contribution in [1.29, 1.82) is 0 Å². The minimum atomic E-state index is -0.651. The van der Waals surface area contributed by atoms with E-state index in [1.54, 1.807) is 102 Å². The van der Waals surface area contributed by atoms with Crippen molar-refractivity contribution in [3.63, 3.8) is 0 Å². The number of aromatic nitrogens is 3. The molecule has 15 rings (SSSR count). The lowest BCUT2D eigenvalue weighted by Crippen LogP contribution is -2.32. The number of carbonyl (C=O) groups excluding carboxylic acids is 6. The Morgan fingerprint density at radius 1 is 0.500 bits per heavy atom. The van der Waals surface area contributed by atoms with Crippen LogP contribution in [-0.4, -0.2) is 68.2 Å². The van der Waals surface area contributed by atoms with E-state index in [2.05, 4.69) is 30.5 Å². The lowest BCUT2D eigenvalue weighted by molar-refractivity contribution is 0.0977. The van der Waals surface area contributed by atoms with Gasteiger partial charge in [0.05, 0.1) is 34.6 Å². The Morgan fingerprint density at radius 3 is 1.87 bits per heavy atom. The van der Waals surface area contributed by atoms with Crippen LogP contribution in [0.25, 0.3) is 22.4 Å². The molecule has 0 bridgehead atoms. The third kappa shape index (κ3) is 15.4. The molecule has 12 aromatic rings. The number of imidazole rings is 1. The second-order valence-corrected chi connectivity index (χ2v) is 26.5. The van der Waals surface area contributed by atoms with Crippen LogP contribution in [0.4, 0.5) is 38.5 Å². The van der Waals surface area contributed by atoms with Gasteiger partial charge in [0.2, 0.25) is 0 Å². The monoisotopic (exact) mass is 1420 g/mol. The molecule has 0 radical (unpaired) electrons. The molecular formula is C85H72Cl2FN9O7. The first-order chi connectivity index (χ1) is 50.3. The molecule has 520 valence electrons. The van der Waals surface area contributed by atoms with Crippen LogP contribution in [0.3, 0.4) is 0 Å². The minimum Gasteiger partial charge on any atom is -0.388 e. The molecule has 2 aromatic heterocycles. The molecule has 16 nitrogen and oxygen atoms in total. The summed E-state index contributed by atoms with van der Waals surface area (Å²) in [5, 5.41) is 19.9. The highest BCUT2D eigenvalue weighted by Gasteiger charge is 2.31. The van der Waals surface area contributed by atoms with Crippen LogP contribution in [0.5, 0.6) is 0 Å². The van der Waals surface area contributed by atoms with E-state index in [0.717, 1.165) is 67.7 Å². The summed E-state index contributed by atoms with van der Waals surface area (Å²) in [4.78, 5) is 92.4. The molecule has 0 spiro atoms. The van der Waals surface area contributed by atoms with Crippen molar-refractivity contribution in [2.24, 2.45) is 0 Å². The average Bonchev–Trinajstić information content (AvgIpc) is 1.61. The number of carbonyl (C=O) groups is 6. The molecule has 0 aliphatic carbocycles. The van der Waals surface area contributed by atoms with Gasteiger partial charge < -0.3 is 45.3 Å². The van der Waals surface area contributed by atoms with Gasteiger partial charge in [-0.1, -0.05) is 132 Å². The van der Waals surface area contributed by atoms with Gasteiger partial charge in [-0.15, -0.1) is 0 Å². The number of hydrogen-bond acceptors (Lipinski definition) is 8. The Morgan fingerprint density at radius 2 is 1.12 bits per heavy atom. The summed E-state index contributed by atoms with van der Waals surface area (Å²) in [5.74, 6) is -0.918. The number of aliphatic hydroxyl groups excluding tert-OH is 1. The highest BCUT2D eigenvalue weighted by molar-refractivity contribution is 6.35. The average molecular weight is 1420 g/mol. The van der Waals surface area contributed by atoms with Crippen molar-refractivity contribution < 1.29 is 38.3 Å². The Bertz CT molecular complexity index is 5290. The SMILES string of the molecule is Cc1ccc(F)cc1C(=O)Nc1ccc(C(=O)N2Cc3cccn3Cc3ccccc32)c(Cl)c1.Cc1ccccc1C(=O)Nc1ccc(C(=O)N2CCC[C@@H](O)c3cc(Cl)ccc32)c(C)c1.Cc1nc2c([nH]1)CCN(C(=O)c1ccc(NC(=O)c3ccccc3-c3ccccc3)cc1)c1ccccc1-2. The fourth-order valence-electron chi connectivity index (χ4n) is 13.3. The second-order valence-electron chi connectivity index (χ2n) is 25.7. The number of para-hydroxylation sites is 2. The van der Waals surface area contributed by atoms with Gasteiger partial charge in [0, 0.05) is 116 Å². The molecule has 0 unspecified atom stereocenters. The lowest BCUT2D eigenvalue weighted by Gasteiger charge is -2.24. The number of fused-ring (bicyclic) bond motifs is 6. The highest BCUT2D eigenvalue weighted by atomic mass is 35.5. The quantitative estimate of drug-likeness (QED) is 0.0890. The van der Waals surface area contributed by atoms with Crippen molar-refractivity contribution >= 4 is 92.8 Å². The van der Waals surface area contributed by atoms with Gasteiger partial charge in [-0.05, 0) is 201 Å². The van der Waals surface area contributed by atoms with Crippen LogP contribution >= 0.6 is 23.2 Å². The van der Waals surface area contributed by atoms with E-state index >= 15 is 0 Å². The number of hydrogen-bond donors (Lipinski definition) is 5. The molecular weight excluding hydrogens is 1350 g/mol. The Labute approximate surface area is 611 Å². The first kappa shape index (κ1) is 70.4. The van der Waals surface area contributed by atoms with E-state index < -0.39 is 17.8 Å². The Balaban J connectivity index is 0.000000139. The van der Waals surface area contributed by atoms with Crippen LogP contribution in [0.2, 0.25) is 10.0 Å². The van der Waals surface area contributed by atoms with Gasteiger partial charge in [0.1, 0.15) is 11.6 Å². The van der Waals surface area contributed by atoms with Gasteiger partial charge in [-0.3, -0.25) is 28.8 Å². The normalized spacial score (nSPS) is 13.4. The summed E-state index contributed by atoms with van der Waals surface area (Å²) < 4.78 is 15.7. The van der Waals surface area contributed by atoms with Crippen molar-refractivity contribution in [2.75, 3.05) is 43.7 Å². The number of aryl methyl sites for hydroxylation is 4. The van der Waals surface area contributed by atoms with Crippen LogP contribution in [0.1, 0.15) is 126 Å². The number of aliphatic hydroxyl groups is 1. The van der Waals surface area contributed by atoms with Crippen molar-refractivity contribution in [3.8, 4) is 22.4 Å². The molecule has 19 heteroatoms. The number of nitrogens with one attached hydrogen (secondary N) is 4. The predicted octanol–water partition coefficient (Wildman–Crippen LogP) is 18.2. The van der Waals surface area contributed by atoms with Crippen molar-refractivity contribution in [2.45, 2.75) is 66.2 Å². The summed E-state index contributed by atoms with van der Waals surface area (Å²) in [5.41, 5.74) is 16.7. The number of H-pyrrole nitrogens is 1. The molecule has 0 saturated heterocycles. The molecule has 5 N–H and O–H groups in total. The van der Waals surface area contributed by atoms with E-state index in [4.69, 9.17) is 23.2 Å². The van der Waals surface area contributed by atoms with Gasteiger partial charge in [0.15, 0.2) is 0 Å². The standard InChI is InChI=1S/C32H26N4O2.C27H21ClFN3O2.C26H25ClN2O3/c1-21-33-28-19-20-36(29-14-8-7-13-27(29)30(28)34-21)32(38)23-15-17-24(18-16-23)35-31(37)26-12-6-5-11-25(26)22-9-3-2-4-10-22;1-17-8-9-19(29)13-23(17)26(33)30-20-10-11-22(24(28)14-20)27(34)32-16-21-6-4-12-31(21)15-18-5-2-3-7-25(18)32;1-16-6-3-4-7-20(16)25(31)28-19-10-11-21(17(2)14-19)26(32)29-13-5-8-24(30)22-15-18(27)9-12-23(22)29/h2-18H,19-20H2,1H3,(H,33,34)(H,35,37);2-14H,15-16H2,1H3,(H,30,33);3-4,6-7,9-12,14-15,24,30H,5,8,13H2,1-2H3,(H,28,31)/t;;24-/m..1/s1. The number of benzene rings is 10. The summed E-state index contributed by atoms with van der Waals surface area (Å²) in [6.45, 7) is 9.57. The molecule has 3 aliphatic rings. The first-order valence-electron chi connectivity index (χ1n) is 34.0. The van der Waals surface area contributed by atoms with Gasteiger partial charge in [-0.2, -0.15) is 0 Å². The van der Waals surface area contributed by atoms with Gasteiger partial charge in [0.25, 0.3) is 35.4 Å². The number of anilines is 6. The third-order valence-electron chi connectivity index (χ3n) is 18.7. The Kier molecular flexibility index (Phi) is 21.0. The number of halogens is 3. The zero-order chi connectivity index (χ0) is 72.7. The van der Waals surface area contributed by atoms with Crippen molar-refractivity contribution in [3.05, 3.63) is 337 Å². The maximum absolute atomic E-state index is 13.6. The van der Waals surface area contributed by atoms with Crippen LogP contribution in [0, 0.1) is 33.5 Å². The maximum Gasteiger partial charge on any atom is 0.260 e. The van der Waals surface area contributed by atoms with Crippen molar-refractivity contribution in [1.82, 2.24) is 14.5 Å². The fourth-order valence-corrected chi connectivity index (χ4v) is 13.8. The van der Waals surface area contributed by atoms with E-state index in [1.165, 1.54) is 18.2 Å². The first-order valence-corrected chi connectivity index (χ1v) is 34.8. The molecule has 3 aliphatic heterocycles. The smallest absolute Gasteiger partial charge is 0.260 e. The van der Waals surface area contributed by atoms with Crippen LogP contribution in [0.15, 0.2) is 243 Å². The number of amides is 6. The molecule has 5 heterocycles. The highest BCUT2D eigenvalue weighted by Crippen LogP contribution is 2.39.